The molecule has 6 heteroatoms. The van der Waals surface area contributed by atoms with Crippen LogP contribution in [0.25, 0.3) is 0 Å². The number of hydrogen-bond acceptors (Lipinski definition) is 4. The zero-order valence-electron chi connectivity index (χ0n) is 17.8. The monoisotopic (exact) mass is 408 g/mol. The Morgan fingerprint density at radius 3 is 2.67 bits per heavy atom. The molecule has 2 atom stereocenters. The SMILES string of the molecule is CCN1C[C@H]2COc3cc(OC)ccc3[C@H]2N(C(=O)c2ccc(C)cc2)CCC1=O. The number of hydrogen-bond donors (Lipinski definition) is 0. The largest absolute Gasteiger partial charge is 0.497 e. The van der Waals surface area contributed by atoms with Crippen molar-refractivity contribution in [1.29, 1.82) is 0 Å². The van der Waals surface area contributed by atoms with E-state index in [0.717, 1.165) is 22.6 Å². The van der Waals surface area contributed by atoms with Gasteiger partial charge in [0, 0.05) is 49.2 Å². The molecule has 1 saturated heterocycles. The van der Waals surface area contributed by atoms with Crippen molar-refractivity contribution in [3.63, 3.8) is 0 Å². The third-order valence-corrected chi connectivity index (χ3v) is 6.09. The van der Waals surface area contributed by atoms with Crippen LogP contribution in [0.4, 0.5) is 0 Å². The Morgan fingerprint density at radius 1 is 1.20 bits per heavy atom. The van der Waals surface area contributed by atoms with Gasteiger partial charge in [-0.05, 0) is 38.1 Å². The van der Waals surface area contributed by atoms with Crippen LogP contribution in [0.2, 0.25) is 0 Å². The number of carbonyl (C=O) groups is 2. The van der Waals surface area contributed by atoms with Gasteiger partial charge in [0.15, 0.2) is 0 Å². The molecule has 0 aliphatic carbocycles. The van der Waals surface area contributed by atoms with Crippen LogP contribution in [-0.2, 0) is 4.79 Å². The van der Waals surface area contributed by atoms with Gasteiger partial charge in [-0.2, -0.15) is 0 Å². The van der Waals surface area contributed by atoms with Crippen LogP contribution in [0.3, 0.4) is 0 Å². The van der Waals surface area contributed by atoms with Crippen molar-refractivity contribution in [2.45, 2.75) is 26.3 Å². The highest BCUT2D eigenvalue weighted by Gasteiger charge is 2.41. The molecule has 2 aliphatic rings. The van der Waals surface area contributed by atoms with Crippen molar-refractivity contribution >= 4 is 11.8 Å². The summed E-state index contributed by atoms with van der Waals surface area (Å²) < 4.78 is 11.4. The minimum Gasteiger partial charge on any atom is -0.497 e. The fraction of sp³-hybridized carbons (Fsp3) is 0.417. The maximum Gasteiger partial charge on any atom is 0.254 e. The van der Waals surface area contributed by atoms with Crippen LogP contribution in [0.1, 0.15) is 40.9 Å². The van der Waals surface area contributed by atoms with E-state index in [0.29, 0.717) is 38.2 Å². The number of fused-ring (bicyclic) bond motifs is 3. The molecule has 2 aromatic rings. The fourth-order valence-electron chi connectivity index (χ4n) is 4.42. The summed E-state index contributed by atoms with van der Waals surface area (Å²) >= 11 is 0. The first kappa shape index (κ1) is 20.3. The van der Waals surface area contributed by atoms with Gasteiger partial charge < -0.3 is 19.3 Å². The normalized spacial score (nSPS) is 21.1. The van der Waals surface area contributed by atoms with Crippen LogP contribution in [0.5, 0.6) is 11.5 Å². The molecule has 2 amide bonds. The van der Waals surface area contributed by atoms with Crippen molar-refractivity contribution in [3.8, 4) is 11.5 Å². The molecule has 2 heterocycles. The first-order chi connectivity index (χ1) is 14.5. The molecule has 0 saturated carbocycles. The Morgan fingerprint density at radius 2 is 1.97 bits per heavy atom. The number of carbonyl (C=O) groups excluding carboxylic acids is 2. The van der Waals surface area contributed by atoms with E-state index in [-0.39, 0.29) is 23.8 Å². The van der Waals surface area contributed by atoms with Gasteiger partial charge in [0.05, 0.1) is 19.8 Å². The van der Waals surface area contributed by atoms with Gasteiger partial charge in [-0.15, -0.1) is 0 Å². The average Bonchev–Trinajstić information content (AvgIpc) is 2.76. The Labute approximate surface area is 177 Å². The molecular weight excluding hydrogens is 380 g/mol. The predicted octanol–water partition coefficient (Wildman–Crippen LogP) is 3.45. The smallest absolute Gasteiger partial charge is 0.254 e. The second kappa shape index (κ2) is 8.38. The number of ether oxygens (including phenoxy) is 2. The van der Waals surface area contributed by atoms with E-state index < -0.39 is 0 Å². The van der Waals surface area contributed by atoms with E-state index in [1.165, 1.54) is 0 Å². The number of benzene rings is 2. The molecule has 6 nitrogen and oxygen atoms in total. The van der Waals surface area contributed by atoms with Crippen LogP contribution in [0.15, 0.2) is 42.5 Å². The first-order valence-electron chi connectivity index (χ1n) is 10.5. The standard InChI is InChI=1S/C24H28N2O4/c1-4-25-14-18-15-30-21-13-19(29-3)9-10-20(21)23(18)26(12-11-22(25)27)24(28)17-7-5-16(2)6-8-17/h5-10,13,18,23H,4,11-12,14-15H2,1-3H3/t18-,23-/m0/s1. The summed E-state index contributed by atoms with van der Waals surface area (Å²) in [6.45, 7) is 6.06. The summed E-state index contributed by atoms with van der Waals surface area (Å²) in [5.41, 5.74) is 2.72. The van der Waals surface area contributed by atoms with Gasteiger partial charge in [-0.25, -0.2) is 0 Å². The van der Waals surface area contributed by atoms with E-state index in [4.69, 9.17) is 9.47 Å². The Kier molecular flexibility index (Phi) is 5.66. The molecule has 2 aromatic carbocycles. The number of nitrogens with zero attached hydrogens (tertiary/aromatic N) is 2. The molecule has 0 radical (unpaired) electrons. The highest BCUT2D eigenvalue weighted by atomic mass is 16.5. The van der Waals surface area contributed by atoms with E-state index in [1.807, 2.05) is 66.1 Å². The van der Waals surface area contributed by atoms with Crippen molar-refractivity contribution in [2.24, 2.45) is 5.92 Å². The summed E-state index contributed by atoms with van der Waals surface area (Å²) in [4.78, 5) is 30.0. The Bertz CT molecular complexity index is 941. The molecule has 0 aromatic heterocycles. The fourth-order valence-corrected chi connectivity index (χ4v) is 4.42. The van der Waals surface area contributed by atoms with Gasteiger partial charge in [-0.3, -0.25) is 9.59 Å². The summed E-state index contributed by atoms with van der Waals surface area (Å²) in [6.07, 6.45) is 0.320. The molecular formula is C24H28N2O4. The van der Waals surface area contributed by atoms with Crippen molar-refractivity contribution in [3.05, 3.63) is 59.2 Å². The van der Waals surface area contributed by atoms with Crippen LogP contribution in [-0.4, -0.2) is 55.0 Å². The molecule has 0 unspecified atom stereocenters. The third-order valence-electron chi connectivity index (χ3n) is 6.09. The van der Waals surface area contributed by atoms with Gasteiger partial charge in [0.25, 0.3) is 5.91 Å². The van der Waals surface area contributed by atoms with Gasteiger partial charge in [0.1, 0.15) is 11.5 Å². The molecule has 0 bridgehead atoms. The van der Waals surface area contributed by atoms with Crippen LogP contribution >= 0.6 is 0 Å². The van der Waals surface area contributed by atoms with Crippen LogP contribution in [0, 0.1) is 12.8 Å². The maximum atomic E-state index is 13.6. The molecule has 0 spiro atoms. The Hall–Kier alpha value is -3.02. The van der Waals surface area contributed by atoms with Crippen molar-refractivity contribution in [1.82, 2.24) is 9.80 Å². The van der Waals surface area contributed by atoms with E-state index in [2.05, 4.69) is 0 Å². The van der Waals surface area contributed by atoms with Gasteiger partial charge in [-0.1, -0.05) is 17.7 Å². The minimum absolute atomic E-state index is 0.00416. The zero-order chi connectivity index (χ0) is 21.3. The summed E-state index contributed by atoms with van der Waals surface area (Å²) in [7, 11) is 1.63. The van der Waals surface area contributed by atoms with E-state index in [1.54, 1.807) is 7.11 Å². The second-order valence-corrected chi connectivity index (χ2v) is 7.97. The number of rotatable bonds is 3. The van der Waals surface area contributed by atoms with E-state index >= 15 is 0 Å². The molecule has 30 heavy (non-hydrogen) atoms. The van der Waals surface area contributed by atoms with Crippen molar-refractivity contribution in [2.75, 3.05) is 33.4 Å². The predicted molar refractivity (Wildman–Crippen MR) is 114 cm³/mol. The lowest BCUT2D eigenvalue weighted by Crippen LogP contribution is -2.51. The molecule has 1 fully saturated rings. The number of amides is 2. The third kappa shape index (κ3) is 3.74. The Balaban J connectivity index is 1.77. The highest BCUT2D eigenvalue weighted by Crippen LogP contribution is 2.42. The quantitative estimate of drug-likeness (QED) is 0.781. The lowest BCUT2D eigenvalue weighted by molar-refractivity contribution is -0.134. The molecule has 4 rings (SSSR count). The van der Waals surface area contributed by atoms with Crippen molar-refractivity contribution < 1.29 is 19.1 Å². The molecule has 0 N–H and O–H groups in total. The van der Waals surface area contributed by atoms with E-state index in [9.17, 15) is 9.59 Å². The lowest BCUT2D eigenvalue weighted by atomic mass is 9.87. The van der Waals surface area contributed by atoms with Gasteiger partial charge >= 0.3 is 0 Å². The first-order valence-corrected chi connectivity index (χ1v) is 10.5. The number of methoxy groups -OCH3 is 1. The zero-order valence-corrected chi connectivity index (χ0v) is 17.8. The summed E-state index contributed by atoms with van der Waals surface area (Å²) in [5.74, 6) is 1.50. The van der Waals surface area contributed by atoms with Crippen LogP contribution < -0.4 is 9.47 Å². The second-order valence-electron chi connectivity index (χ2n) is 7.97. The highest BCUT2D eigenvalue weighted by molar-refractivity contribution is 5.95. The molecule has 158 valence electrons. The minimum atomic E-state index is -0.157. The summed E-state index contributed by atoms with van der Waals surface area (Å²) in [5, 5.41) is 0. The topological polar surface area (TPSA) is 59.1 Å². The maximum absolute atomic E-state index is 13.6. The molecule has 2 aliphatic heterocycles. The average molecular weight is 408 g/mol. The number of aryl methyl sites for hydroxylation is 1. The van der Waals surface area contributed by atoms with Gasteiger partial charge in [0.2, 0.25) is 5.91 Å². The lowest BCUT2D eigenvalue weighted by Gasteiger charge is -2.44. The summed E-state index contributed by atoms with van der Waals surface area (Å²) in [6, 6.07) is 13.2.